The Morgan fingerprint density at radius 2 is 1.81 bits per heavy atom. The van der Waals surface area contributed by atoms with E-state index < -0.39 is 6.04 Å². The number of thiophene rings is 1. The lowest BCUT2D eigenvalue weighted by Gasteiger charge is -2.19. The number of nitrogens with one attached hydrogen (secondary N) is 2. The lowest BCUT2D eigenvalue weighted by molar-refractivity contribution is -0.123. The minimum atomic E-state index is -0.740. The van der Waals surface area contributed by atoms with Gasteiger partial charge in [0, 0.05) is 6.54 Å². The van der Waals surface area contributed by atoms with E-state index in [1.165, 1.54) is 11.3 Å². The number of rotatable bonds is 6. The fourth-order valence-corrected chi connectivity index (χ4v) is 3.30. The molecule has 26 heavy (non-hydrogen) atoms. The van der Waals surface area contributed by atoms with Gasteiger partial charge >= 0.3 is 0 Å². The zero-order valence-electron chi connectivity index (χ0n) is 14.4. The summed E-state index contributed by atoms with van der Waals surface area (Å²) in [6, 6.07) is 20.1. The molecule has 0 bridgehead atoms. The van der Waals surface area contributed by atoms with Crippen LogP contribution in [0.25, 0.3) is 0 Å². The van der Waals surface area contributed by atoms with Crippen molar-refractivity contribution in [3.63, 3.8) is 0 Å². The van der Waals surface area contributed by atoms with E-state index in [1.807, 2.05) is 73.0 Å². The SMILES string of the molecule is Cc1cccc(CNC(=O)C(NC(=O)c2cccs2)c2ccccc2)c1. The number of carbonyl (C=O) groups is 2. The van der Waals surface area contributed by atoms with Gasteiger partial charge < -0.3 is 10.6 Å². The average Bonchev–Trinajstić information content (AvgIpc) is 3.20. The highest BCUT2D eigenvalue weighted by Crippen LogP contribution is 2.16. The van der Waals surface area contributed by atoms with Crippen molar-refractivity contribution in [2.24, 2.45) is 0 Å². The first kappa shape index (κ1) is 17.9. The van der Waals surface area contributed by atoms with Crippen molar-refractivity contribution in [1.29, 1.82) is 0 Å². The zero-order chi connectivity index (χ0) is 18.4. The van der Waals surface area contributed by atoms with Crippen molar-refractivity contribution in [3.8, 4) is 0 Å². The fraction of sp³-hybridized carbons (Fsp3) is 0.143. The van der Waals surface area contributed by atoms with Gasteiger partial charge in [0.2, 0.25) is 5.91 Å². The monoisotopic (exact) mass is 364 g/mol. The Kier molecular flexibility index (Phi) is 5.81. The smallest absolute Gasteiger partial charge is 0.262 e. The molecule has 2 N–H and O–H groups in total. The van der Waals surface area contributed by atoms with E-state index in [0.717, 1.165) is 16.7 Å². The Labute approximate surface area is 156 Å². The van der Waals surface area contributed by atoms with Crippen LogP contribution < -0.4 is 10.6 Å². The topological polar surface area (TPSA) is 58.2 Å². The molecule has 2 aromatic carbocycles. The van der Waals surface area contributed by atoms with E-state index >= 15 is 0 Å². The summed E-state index contributed by atoms with van der Waals surface area (Å²) in [5.74, 6) is -0.484. The van der Waals surface area contributed by atoms with Crippen molar-refractivity contribution in [2.75, 3.05) is 0 Å². The first-order valence-electron chi connectivity index (χ1n) is 8.36. The molecule has 1 atom stereocenters. The summed E-state index contributed by atoms with van der Waals surface area (Å²) in [4.78, 5) is 25.8. The maximum absolute atomic E-state index is 12.8. The summed E-state index contributed by atoms with van der Waals surface area (Å²) in [6.45, 7) is 2.43. The number of aryl methyl sites for hydroxylation is 1. The van der Waals surface area contributed by atoms with Crippen LogP contribution in [0.4, 0.5) is 0 Å². The summed E-state index contributed by atoms with van der Waals surface area (Å²) >= 11 is 1.35. The predicted octanol–water partition coefficient (Wildman–Crippen LogP) is 3.84. The molecule has 4 nitrogen and oxygen atoms in total. The van der Waals surface area contributed by atoms with Crippen LogP contribution >= 0.6 is 11.3 Å². The van der Waals surface area contributed by atoms with Gasteiger partial charge in [-0.25, -0.2) is 0 Å². The Hall–Kier alpha value is -2.92. The van der Waals surface area contributed by atoms with Crippen LogP contribution in [0.5, 0.6) is 0 Å². The van der Waals surface area contributed by atoms with Crippen LogP contribution in [-0.2, 0) is 11.3 Å². The molecule has 0 radical (unpaired) electrons. The third-order valence-corrected chi connectivity index (χ3v) is 4.83. The van der Waals surface area contributed by atoms with Crippen molar-refractivity contribution in [2.45, 2.75) is 19.5 Å². The van der Waals surface area contributed by atoms with Crippen LogP contribution in [0, 0.1) is 6.92 Å². The summed E-state index contributed by atoms with van der Waals surface area (Å²) < 4.78 is 0. The normalized spacial score (nSPS) is 11.6. The van der Waals surface area contributed by atoms with Crippen LogP contribution in [0.15, 0.2) is 72.1 Å². The highest BCUT2D eigenvalue weighted by molar-refractivity contribution is 7.12. The molecule has 132 valence electrons. The van der Waals surface area contributed by atoms with E-state index in [2.05, 4.69) is 10.6 Å². The maximum Gasteiger partial charge on any atom is 0.262 e. The number of carbonyl (C=O) groups excluding carboxylic acids is 2. The lowest BCUT2D eigenvalue weighted by Crippen LogP contribution is -2.40. The molecule has 5 heteroatoms. The van der Waals surface area contributed by atoms with Gasteiger partial charge in [0.25, 0.3) is 5.91 Å². The molecule has 0 spiro atoms. The molecule has 0 aliphatic heterocycles. The zero-order valence-corrected chi connectivity index (χ0v) is 15.3. The molecule has 3 rings (SSSR count). The molecule has 1 heterocycles. The van der Waals surface area contributed by atoms with Gasteiger partial charge in [-0.15, -0.1) is 11.3 Å². The Morgan fingerprint density at radius 3 is 2.50 bits per heavy atom. The van der Waals surface area contributed by atoms with Crippen molar-refractivity contribution in [3.05, 3.63) is 93.7 Å². The van der Waals surface area contributed by atoms with Gasteiger partial charge in [-0.1, -0.05) is 66.2 Å². The molecule has 3 aromatic rings. The van der Waals surface area contributed by atoms with E-state index in [9.17, 15) is 9.59 Å². The molecule has 0 aliphatic carbocycles. The Bertz CT molecular complexity index is 876. The molecular formula is C21H20N2O2S. The lowest BCUT2D eigenvalue weighted by atomic mass is 10.1. The molecule has 1 unspecified atom stereocenters. The average molecular weight is 364 g/mol. The van der Waals surface area contributed by atoms with Gasteiger partial charge in [-0.05, 0) is 29.5 Å². The maximum atomic E-state index is 12.8. The fourth-order valence-electron chi connectivity index (χ4n) is 2.67. The second-order valence-corrected chi connectivity index (χ2v) is 6.95. The molecule has 0 saturated carbocycles. The number of amides is 2. The standard InChI is InChI=1S/C21H20N2O2S/c1-15-7-5-8-16(13-15)14-22-21(25)19(17-9-3-2-4-10-17)23-20(24)18-11-6-12-26-18/h2-13,19H,14H2,1H3,(H,22,25)(H,23,24). The molecular weight excluding hydrogens is 344 g/mol. The van der Waals surface area contributed by atoms with E-state index in [-0.39, 0.29) is 11.8 Å². The van der Waals surface area contributed by atoms with Gasteiger partial charge in [-0.3, -0.25) is 9.59 Å². The quantitative estimate of drug-likeness (QED) is 0.698. The minimum Gasteiger partial charge on any atom is -0.350 e. The van der Waals surface area contributed by atoms with Gasteiger partial charge in [-0.2, -0.15) is 0 Å². The van der Waals surface area contributed by atoms with Crippen molar-refractivity contribution >= 4 is 23.2 Å². The number of hydrogen-bond acceptors (Lipinski definition) is 3. The molecule has 0 fully saturated rings. The van der Waals surface area contributed by atoms with Gasteiger partial charge in [0.05, 0.1) is 4.88 Å². The largest absolute Gasteiger partial charge is 0.350 e. The minimum absolute atomic E-state index is 0.234. The highest BCUT2D eigenvalue weighted by Gasteiger charge is 2.23. The first-order valence-corrected chi connectivity index (χ1v) is 9.24. The van der Waals surface area contributed by atoms with Crippen molar-refractivity contribution in [1.82, 2.24) is 10.6 Å². The van der Waals surface area contributed by atoms with Crippen LogP contribution in [0.3, 0.4) is 0 Å². The van der Waals surface area contributed by atoms with Crippen LogP contribution in [0.1, 0.15) is 32.4 Å². The summed E-state index contributed by atoms with van der Waals surface area (Å²) in [5, 5.41) is 7.61. The van der Waals surface area contributed by atoms with E-state index in [4.69, 9.17) is 0 Å². The Balaban J connectivity index is 1.74. The number of benzene rings is 2. The predicted molar refractivity (Wildman–Crippen MR) is 104 cm³/mol. The third-order valence-electron chi connectivity index (χ3n) is 3.96. The third kappa shape index (κ3) is 4.58. The number of hydrogen-bond donors (Lipinski definition) is 2. The summed E-state index contributed by atoms with van der Waals surface area (Å²) in [7, 11) is 0. The molecule has 2 amide bonds. The highest BCUT2D eigenvalue weighted by atomic mass is 32.1. The Morgan fingerprint density at radius 1 is 1.00 bits per heavy atom. The van der Waals surface area contributed by atoms with Crippen LogP contribution in [0.2, 0.25) is 0 Å². The molecule has 0 aliphatic rings. The second-order valence-electron chi connectivity index (χ2n) is 6.00. The van der Waals surface area contributed by atoms with E-state index in [0.29, 0.717) is 11.4 Å². The summed E-state index contributed by atoms with van der Waals surface area (Å²) in [6.07, 6.45) is 0. The van der Waals surface area contributed by atoms with E-state index in [1.54, 1.807) is 6.07 Å². The summed E-state index contributed by atoms with van der Waals surface area (Å²) in [5.41, 5.74) is 2.91. The molecule has 1 aromatic heterocycles. The van der Waals surface area contributed by atoms with Crippen LogP contribution in [-0.4, -0.2) is 11.8 Å². The first-order chi connectivity index (χ1) is 12.6. The van der Waals surface area contributed by atoms with Gasteiger partial charge in [0.1, 0.15) is 6.04 Å². The van der Waals surface area contributed by atoms with Crippen molar-refractivity contribution < 1.29 is 9.59 Å². The second kappa shape index (κ2) is 8.45. The van der Waals surface area contributed by atoms with Gasteiger partial charge in [0.15, 0.2) is 0 Å². The molecule has 0 saturated heterocycles.